The summed E-state index contributed by atoms with van der Waals surface area (Å²) in [6, 6.07) is 0. The van der Waals surface area contributed by atoms with E-state index in [0.717, 1.165) is 6.67 Å². The van der Waals surface area contributed by atoms with Crippen LogP contribution in [0.25, 0.3) is 0 Å². The highest BCUT2D eigenvalue weighted by Crippen LogP contribution is 1.71. The zero-order chi connectivity index (χ0) is 4.24. The molecule has 0 atom stereocenters. The van der Waals surface area contributed by atoms with Crippen LogP contribution in [0.1, 0.15) is 0 Å². The van der Waals surface area contributed by atoms with Gasteiger partial charge in [0.15, 0.2) is 0 Å². The van der Waals surface area contributed by atoms with Crippen molar-refractivity contribution in [3.05, 3.63) is 12.3 Å². The van der Waals surface area contributed by atoms with Gasteiger partial charge in [0.2, 0.25) is 0 Å². The first kappa shape index (κ1) is 6.50. The van der Waals surface area contributed by atoms with Crippen molar-refractivity contribution in [3.8, 4) is 0 Å². The molecule has 1 aliphatic heterocycles. The van der Waals surface area contributed by atoms with Crippen molar-refractivity contribution in [2.75, 3.05) is 6.67 Å². The summed E-state index contributed by atoms with van der Waals surface area (Å²) in [6.45, 7) is 0.733. The Bertz CT molecular complexity index is 75.7. The quantitative estimate of drug-likeness (QED) is 0.494. The van der Waals surface area contributed by atoms with Gasteiger partial charge in [0.1, 0.15) is 6.67 Å². The average molecular weight is 119 g/mol. The fourth-order valence-electron chi connectivity index (χ4n) is 0.330. The number of rotatable bonds is 0. The Morgan fingerprint density at radius 3 is 2.57 bits per heavy atom. The second-order valence-corrected chi connectivity index (χ2v) is 1.05. The van der Waals surface area contributed by atoms with E-state index in [1.54, 1.807) is 6.21 Å². The van der Waals surface area contributed by atoms with Gasteiger partial charge in [-0.1, -0.05) is 0 Å². The van der Waals surface area contributed by atoms with Crippen LogP contribution in [0.3, 0.4) is 0 Å². The van der Waals surface area contributed by atoms with Crippen LogP contribution in [0, 0.1) is 0 Å². The Kier molecular flexibility index (Phi) is 3.42. The van der Waals surface area contributed by atoms with Crippen molar-refractivity contribution in [2.45, 2.75) is 0 Å². The van der Waals surface area contributed by atoms with Crippen molar-refractivity contribution < 1.29 is 0 Å². The Hall–Kier alpha value is -0.500. The molecule has 1 heterocycles. The maximum Gasteiger partial charge on any atom is 0.107 e. The van der Waals surface area contributed by atoms with Crippen LogP contribution < -0.4 is 5.32 Å². The summed E-state index contributed by atoms with van der Waals surface area (Å²) in [5.74, 6) is 0. The Morgan fingerprint density at radius 1 is 1.57 bits per heavy atom. The van der Waals surface area contributed by atoms with Gasteiger partial charge >= 0.3 is 0 Å². The van der Waals surface area contributed by atoms with Gasteiger partial charge in [0.25, 0.3) is 0 Å². The predicted octanol–water partition coefficient (Wildman–Crippen LogP) is 0.553. The highest BCUT2D eigenvalue weighted by atomic mass is 35.5. The SMILES string of the molecule is C1=CNCN=C1.Cl. The molecule has 40 valence electrons. The highest BCUT2D eigenvalue weighted by Gasteiger charge is 1.73. The molecule has 0 unspecified atom stereocenters. The highest BCUT2D eigenvalue weighted by molar-refractivity contribution is 5.85. The molecule has 7 heavy (non-hydrogen) atoms. The van der Waals surface area contributed by atoms with Gasteiger partial charge < -0.3 is 5.32 Å². The molecule has 0 spiro atoms. The summed E-state index contributed by atoms with van der Waals surface area (Å²) >= 11 is 0. The van der Waals surface area contributed by atoms with Gasteiger partial charge in [-0.25, -0.2) is 0 Å². The minimum atomic E-state index is 0. The summed E-state index contributed by atoms with van der Waals surface area (Å²) in [6.07, 6.45) is 5.51. The lowest BCUT2D eigenvalue weighted by molar-refractivity contribution is 0.879. The molecule has 0 fully saturated rings. The van der Waals surface area contributed by atoms with Gasteiger partial charge in [0.05, 0.1) is 0 Å². The predicted molar refractivity (Wildman–Crippen MR) is 32.9 cm³/mol. The number of allylic oxidation sites excluding steroid dienone is 1. The fourth-order valence-corrected chi connectivity index (χ4v) is 0.330. The Morgan fingerprint density at radius 2 is 2.43 bits per heavy atom. The van der Waals surface area contributed by atoms with E-state index < -0.39 is 0 Å². The van der Waals surface area contributed by atoms with E-state index in [0.29, 0.717) is 0 Å². The average Bonchev–Trinajstić information content (AvgIpc) is 1.72. The van der Waals surface area contributed by atoms with Crippen molar-refractivity contribution in [1.29, 1.82) is 0 Å². The van der Waals surface area contributed by atoms with E-state index in [1.807, 2.05) is 12.3 Å². The number of nitrogens with zero attached hydrogens (tertiary/aromatic N) is 1. The van der Waals surface area contributed by atoms with Crippen LogP contribution in [-0.4, -0.2) is 12.9 Å². The van der Waals surface area contributed by atoms with E-state index in [2.05, 4.69) is 10.3 Å². The van der Waals surface area contributed by atoms with E-state index in [4.69, 9.17) is 0 Å². The molecule has 1 rings (SSSR count). The molecule has 3 heteroatoms. The molecule has 2 nitrogen and oxygen atoms in total. The maximum absolute atomic E-state index is 3.85. The second-order valence-electron chi connectivity index (χ2n) is 1.05. The van der Waals surface area contributed by atoms with Crippen molar-refractivity contribution >= 4 is 18.6 Å². The first-order chi connectivity index (χ1) is 3.00. The normalized spacial score (nSPS) is 14.9. The third kappa shape index (κ3) is 2.23. The lowest BCUT2D eigenvalue weighted by Crippen LogP contribution is -2.06. The third-order valence-electron chi connectivity index (χ3n) is 0.588. The number of hydrogen-bond donors (Lipinski definition) is 1. The minimum absolute atomic E-state index is 0. The second kappa shape index (κ2) is 3.68. The van der Waals surface area contributed by atoms with Crippen LogP contribution in [0.2, 0.25) is 0 Å². The van der Waals surface area contributed by atoms with Gasteiger partial charge in [-0.15, -0.1) is 12.4 Å². The van der Waals surface area contributed by atoms with E-state index in [9.17, 15) is 0 Å². The van der Waals surface area contributed by atoms with Crippen LogP contribution in [0.5, 0.6) is 0 Å². The summed E-state index contributed by atoms with van der Waals surface area (Å²) in [5.41, 5.74) is 0. The lowest BCUT2D eigenvalue weighted by atomic mass is 10.6. The first-order valence-electron chi connectivity index (χ1n) is 1.88. The zero-order valence-electron chi connectivity index (χ0n) is 3.79. The number of hydrogen-bond acceptors (Lipinski definition) is 2. The molecular formula is C4H7ClN2. The molecule has 0 radical (unpaired) electrons. The van der Waals surface area contributed by atoms with Gasteiger partial charge in [-0.3, -0.25) is 4.99 Å². The Labute approximate surface area is 48.7 Å². The van der Waals surface area contributed by atoms with E-state index in [1.165, 1.54) is 0 Å². The van der Waals surface area contributed by atoms with Crippen LogP contribution >= 0.6 is 12.4 Å². The molecular weight excluding hydrogens is 112 g/mol. The minimum Gasteiger partial charge on any atom is -0.372 e. The van der Waals surface area contributed by atoms with Gasteiger partial charge in [-0.05, 0) is 12.3 Å². The number of aliphatic imine (C=N–C) groups is 1. The number of halogens is 1. The van der Waals surface area contributed by atoms with Crippen molar-refractivity contribution in [1.82, 2.24) is 5.32 Å². The summed E-state index contributed by atoms with van der Waals surface area (Å²) < 4.78 is 0. The standard InChI is InChI=1S/C4H6N2.ClH/c1-2-5-4-6-3-1;/h1-3,5H,4H2;1H. The van der Waals surface area contributed by atoms with Crippen molar-refractivity contribution in [3.63, 3.8) is 0 Å². The Balaban J connectivity index is 0.000000360. The molecule has 0 saturated heterocycles. The van der Waals surface area contributed by atoms with E-state index >= 15 is 0 Å². The number of nitrogens with one attached hydrogen (secondary N) is 1. The molecule has 0 bridgehead atoms. The first-order valence-corrected chi connectivity index (χ1v) is 1.88. The van der Waals surface area contributed by atoms with Crippen molar-refractivity contribution in [2.24, 2.45) is 4.99 Å². The zero-order valence-corrected chi connectivity index (χ0v) is 4.61. The molecule has 0 aromatic carbocycles. The molecule has 0 aromatic rings. The van der Waals surface area contributed by atoms with Crippen LogP contribution in [0.15, 0.2) is 17.3 Å². The van der Waals surface area contributed by atoms with E-state index in [-0.39, 0.29) is 12.4 Å². The van der Waals surface area contributed by atoms with Crippen LogP contribution in [0.4, 0.5) is 0 Å². The van der Waals surface area contributed by atoms with Gasteiger partial charge in [-0.2, -0.15) is 0 Å². The lowest BCUT2D eigenvalue weighted by Gasteiger charge is -1.94. The topological polar surface area (TPSA) is 24.4 Å². The van der Waals surface area contributed by atoms with Gasteiger partial charge in [0, 0.05) is 6.21 Å². The summed E-state index contributed by atoms with van der Waals surface area (Å²) in [5, 5.41) is 2.91. The maximum atomic E-state index is 3.85. The molecule has 0 aliphatic carbocycles. The largest absolute Gasteiger partial charge is 0.372 e. The summed E-state index contributed by atoms with van der Waals surface area (Å²) in [7, 11) is 0. The summed E-state index contributed by atoms with van der Waals surface area (Å²) in [4.78, 5) is 3.85. The molecule has 0 aromatic heterocycles. The third-order valence-corrected chi connectivity index (χ3v) is 0.588. The molecule has 1 N–H and O–H groups in total. The van der Waals surface area contributed by atoms with Crippen LogP contribution in [-0.2, 0) is 0 Å². The fraction of sp³-hybridized carbons (Fsp3) is 0.250. The molecule has 0 amide bonds. The molecule has 0 saturated carbocycles. The molecule has 1 aliphatic rings. The smallest absolute Gasteiger partial charge is 0.107 e. The monoisotopic (exact) mass is 118 g/mol.